The third-order valence-electron chi connectivity index (χ3n) is 2.34. The fraction of sp³-hybridized carbons (Fsp3) is 0.0769. The molecule has 94 valence electrons. The van der Waals surface area contributed by atoms with Crippen molar-refractivity contribution in [3.05, 3.63) is 63.9 Å². The quantitative estimate of drug-likeness (QED) is 0.648. The molecule has 0 aromatic heterocycles. The second-order valence-corrected chi connectivity index (χ2v) is 4.50. The lowest BCUT2D eigenvalue weighted by Gasteiger charge is -2.09. The molecule has 2 rings (SSSR count). The van der Waals surface area contributed by atoms with Gasteiger partial charge in [0, 0.05) is 12.2 Å². The van der Waals surface area contributed by atoms with Crippen LogP contribution in [0.3, 0.4) is 0 Å². The molecule has 2 aromatic carbocycles. The lowest BCUT2D eigenvalue weighted by Crippen LogP contribution is -2.20. The zero-order valence-electron chi connectivity index (χ0n) is 9.38. The summed E-state index contributed by atoms with van der Waals surface area (Å²) in [5.41, 5.74) is 7.61. The van der Waals surface area contributed by atoms with Gasteiger partial charge in [0.1, 0.15) is 5.82 Å². The Morgan fingerprint density at radius 2 is 1.78 bits per heavy atom. The number of benzene rings is 2. The summed E-state index contributed by atoms with van der Waals surface area (Å²) in [4.78, 5) is 0. The summed E-state index contributed by atoms with van der Waals surface area (Å²) in [6, 6.07) is 12.6. The molecule has 0 saturated carbocycles. The average Bonchev–Trinajstić information content (AvgIpc) is 2.37. The van der Waals surface area contributed by atoms with Gasteiger partial charge in [0.25, 0.3) is 0 Å². The average molecular weight is 285 g/mol. The summed E-state index contributed by atoms with van der Waals surface area (Å²) in [6.07, 6.45) is 0. The van der Waals surface area contributed by atoms with Gasteiger partial charge in [-0.05, 0) is 29.8 Å². The normalized spacial score (nSPS) is 10.4. The van der Waals surface area contributed by atoms with Crippen LogP contribution in [0.5, 0.6) is 0 Å². The SMILES string of the molecule is Fc1cc(CNNc2ccccc2)cc(Cl)c1Cl. The van der Waals surface area contributed by atoms with E-state index in [1.54, 1.807) is 6.07 Å². The highest BCUT2D eigenvalue weighted by Crippen LogP contribution is 2.26. The Morgan fingerprint density at radius 1 is 1.06 bits per heavy atom. The summed E-state index contributed by atoms with van der Waals surface area (Å²) in [6.45, 7) is 0.433. The number of para-hydroxylation sites is 1. The number of hydrazine groups is 1. The number of hydrogen-bond donors (Lipinski definition) is 2. The first-order chi connectivity index (χ1) is 8.66. The number of nitrogens with one attached hydrogen (secondary N) is 2. The molecule has 0 aliphatic rings. The Kier molecular flexibility index (Phi) is 4.42. The van der Waals surface area contributed by atoms with Crippen molar-refractivity contribution in [3.8, 4) is 0 Å². The molecule has 0 amide bonds. The van der Waals surface area contributed by atoms with Crippen LogP contribution in [-0.4, -0.2) is 0 Å². The summed E-state index contributed by atoms with van der Waals surface area (Å²) in [7, 11) is 0. The molecule has 0 aliphatic heterocycles. The molecule has 2 nitrogen and oxygen atoms in total. The first-order valence-electron chi connectivity index (χ1n) is 5.34. The Morgan fingerprint density at radius 3 is 2.44 bits per heavy atom. The van der Waals surface area contributed by atoms with Crippen molar-refractivity contribution >= 4 is 28.9 Å². The second-order valence-electron chi connectivity index (χ2n) is 3.72. The third kappa shape index (κ3) is 3.35. The van der Waals surface area contributed by atoms with Gasteiger partial charge < -0.3 is 5.43 Å². The number of halogens is 3. The van der Waals surface area contributed by atoms with Gasteiger partial charge in [-0.3, -0.25) is 0 Å². The van der Waals surface area contributed by atoms with Crippen LogP contribution in [0.2, 0.25) is 10.0 Å². The van der Waals surface area contributed by atoms with E-state index in [0.717, 1.165) is 5.69 Å². The minimum Gasteiger partial charge on any atom is -0.321 e. The highest BCUT2D eigenvalue weighted by atomic mass is 35.5. The number of anilines is 1. The van der Waals surface area contributed by atoms with Gasteiger partial charge >= 0.3 is 0 Å². The van der Waals surface area contributed by atoms with Crippen molar-refractivity contribution in [2.75, 3.05) is 5.43 Å². The zero-order chi connectivity index (χ0) is 13.0. The summed E-state index contributed by atoms with van der Waals surface area (Å²) >= 11 is 11.4. The third-order valence-corrected chi connectivity index (χ3v) is 3.12. The van der Waals surface area contributed by atoms with Crippen LogP contribution in [0.25, 0.3) is 0 Å². The largest absolute Gasteiger partial charge is 0.321 e. The molecule has 0 fully saturated rings. The maximum atomic E-state index is 13.3. The van der Waals surface area contributed by atoms with E-state index in [1.165, 1.54) is 6.07 Å². The summed E-state index contributed by atoms with van der Waals surface area (Å²) < 4.78 is 13.3. The van der Waals surface area contributed by atoms with Crippen LogP contribution in [0.1, 0.15) is 5.56 Å². The summed E-state index contributed by atoms with van der Waals surface area (Å²) in [5, 5.41) is 0.171. The van der Waals surface area contributed by atoms with Gasteiger partial charge in [0.2, 0.25) is 0 Å². The lowest BCUT2D eigenvalue weighted by molar-refractivity contribution is 0.624. The highest BCUT2D eigenvalue weighted by molar-refractivity contribution is 6.42. The predicted octanol–water partition coefficient (Wildman–Crippen LogP) is 4.25. The minimum absolute atomic E-state index is 0.0450. The molecule has 2 aromatic rings. The molecule has 0 bridgehead atoms. The molecule has 0 radical (unpaired) electrons. The Labute approximate surface area is 115 Å². The standard InChI is InChI=1S/C13H11Cl2FN2/c14-11-6-9(7-12(16)13(11)15)8-17-18-10-4-2-1-3-5-10/h1-7,17-18H,8H2. The first-order valence-corrected chi connectivity index (χ1v) is 6.10. The van der Waals surface area contributed by atoms with E-state index in [-0.39, 0.29) is 10.0 Å². The monoisotopic (exact) mass is 284 g/mol. The molecule has 18 heavy (non-hydrogen) atoms. The number of hydrogen-bond acceptors (Lipinski definition) is 2. The van der Waals surface area contributed by atoms with Crippen molar-refractivity contribution < 1.29 is 4.39 Å². The fourth-order valence-electron chi connectivity index (χ4n) is 1.48. The molecular weight excluding hydrogens is 274 g/mol. The topological polar surface area (TPSA) is 24.1 Å². The fourth-order valence-corrected chi connectivity index (χ4v) is 1.82. The van der Waals surface area contributed by atoms with Crippen LogP contribution in [0, 0.1) is 5.82 Å². The maximum Gasteiger partial charge on any atom is 0.143 e. The lowest BCUT2D eigenvalue weighted by atomic mass is 10.2. The van der Waals surface area contributed by atoms with Gasteiger partial charge in [-0.2, -0.15) is 0 Å². The molecule has 0 aliphatic carbocycles. The molecule has 0 heterocycles. The van der Waals surface area contributed by atoms with E-state index >= 15 is 0 Å². The van der Waals surface area contributed by atoms with E-state index in [1.807, 2.05) is 30.3 Å². The van der Waals surface area contributed by atoms with Gasteiger partial charge in [0.15, 0.2) is 0 Å². The van der Waals surface area contributed by atoms with Crippen LogP contribution in [-0.2, 0) is 6.54 Å². The van der Waals surface area contributed by atoms with Gasteiger partial charge in [-0.15, -0.1) is 0 Å². The van der Waals surface area contributed by atoms with Gasteiger partial charge in [-0.25, -0.2) is 9.82 Å². The van der Waals surface area contributed by atoms with Crippen molar-refractivity contribution in [1.29, 1.82) is 0 Å². The molecule has 2 N–H and O–H groups in total. The van der Waals surface area contributed by atoms with Gasteiger partial charge in [-0.1, -0.05) is 41.4 Å². The maximum absolute atomic E-state index is 13.3. The molecule has 0 atom stereocenters. The summed E-state index contributed by atoms with van der Waals surface area (Å²) in [5.74, 6) is -0.513. The Bertz CT molecular complexity index is 509. The zero-order valence-corrected chi connectivity index (χ0v) is 10.9. The van der Waals surface area contributed by atoms with E-state index in [9.17, 15) is 4.39 Å². The Balaban J connectivity index is 1.95. The van der Waals surface area contributed by atoms with Crippen LogP contribution >= 0.6 is 23.2 Å². The van der Waals surface area contributed by atoms with Crippen molar-refractivity contribution in [2.24, 2.45) is 0 Å². The first kappa shape index (κ1) is 13.1. The molecular formula is C13H11Cl2FN2. The Hall–Kier alpha value is -1.29. The molecule has 0 spiro atoms. The predicted molar refractivity (Wildman–Crippen MR) is 73.3 cm³/mol. The van der Waals surface area contributed by atoms with Crippen LogP contribution in [0.15, 0.2) is 42.5 Å². The smallest absolute Gasteiger partial charge is 0.143 e. The second kappa shape index (κ2) is 6.05. The van der Waals surface area contributed by atoms with E-state index in [0.29, 0.717) is 12.1 Å². The highest BCUT2D eigenvalue weighted by Gasteiger charge is 2.06. The van der Waals surface area contributed by atoms with Crippen molar-refractivity contribution in [2.45, 2.75) is 6.54 Å². The van der Waals surface area contributed by atoms with Crippen molar-refractivity contribution in [1.82, 2.24) is 5.43 Å². The number of rotatable bonds is 4. The molecule has 5 heteroatoms. The van der Waals surface area contributed by atoms with Crippen molar-refractivity contribution in [3.63, 3.8) is 0 Å². The minimum atomic E-state index is -0.513. The van der Waals surface area contributed by atoms with Crippen LogP contribution < -0.4 is 10.9 Å². The van der Waals surface area contributed by atoms with E-state index < -0.39 is 5.82 Å². The van der Waals surface area contributed by atoms with Crippen LogP contribution in [0.4, 0.5) is 10.1 Å². The van der Waals surface area contributed by atoms with Gasteiger partial charge in [0.05, 0.1) is 10.0 Å². The molecule has 0 saturated heterocycles. The van der Waals surface area contributed by atoms with E-state index in [4.69, 9.17) is 23.2 Å². The molecule has 0 unspecified atom stereocenters. The van der Waals surface area contributed by atoms with E-state index in [2.05, 4.69) is 10.9 Å².